The van der Waals surface area contributed by atoms with E-state index in [1.165, 1.54) is 76.3 Å². The topological polar surface area (TPSA) is 110 Å². The molecule has 0 unspecified atom stereocenters. The van der Waals surface area contributed by atoms with Crippen molar-refractivity contribution in [3.05, 3.63) is 53.6 Å². The fraction of sp³-hybridized carbons (Fsp3) is 0.625. The van der Waals surface area contributed by atoms with Crippen LogP contribution in [0.1, 0.15) is 137 Å². The molecule has 0 radical (unpaired) electrons. The second kappa shape index (κ2) is 25.1. The molecule has 0 fully saturated rings. The molecule has 1 rings (SSSR count). The molecule has 0 N–H and O–H groups in total. The summed E-state index contributed by atoms with van der Waals surface area (Å²) >= 11 is 0. The Morgan fingerprint density at radius 3 is 1.61 bits per heavy atom. The number of allylic oxidation sites excluding steroid dienone is 2. The maximum absolute atomic E-state index is 12.8. The quantitative estimate of drug-likeness (QED) is 0.0551. The Labute approximate surface area is 270 Å². The number of hydrogen-bond donors (Lipinski definition) is 0. The molecule has 9 heteroatoms. The summed E-state index contributed by atoms with van der Waals surface area (Å²) in [5, 5.41) is 0. The van der Waals surface area contributed by atoms with E-state index >= 15 is 0 Å². The van der Waals surface area contributed by atoms with Crippen LogP contribution in [0.15, 0.2) is 47.4 Å². The summed E-state index contributed by atoms with van der Waals surface area (Å²) < 4.78 is 45.9. The largest absolute Gasteiger partial charge is 1.00 e. The summed E-state index contributed by atoms with van der Waals surface area (Å²) in [6.07, 6.45) is 25.4. The Kier molecular flexibility index (Phi) is 24.2. The summed E-state index contributed by atoms with van der Waals surface area (Å²) in [4.78, 5) is 24.7. The summed E-state index contributed by atoms with van der Waals surface area (Å²) in [6, 6.07) is 3.51. The number of rotatable bonds is 23. The number of carbonyl (C=O) groups excluding carboxylic acids is 2. The molecular formula is C32H49NaO7S. The first-order valence-corrected chi connectivity index (χ1v) is 16.5. The van der Waals surface area contributed by atoms with Crippen LogP contribution >= 0.6 is 0 Å². The van der Waals surface area contributed by atoms with Gasteiger partial charge in [0, 0.05) is 0 Å². The molecule has 0 amide bonds. The maximum atomic E-state index is 12.8. The summed E-state index contributed by atoms with van der Waals surface area (Å²) in [5.41, 5.74) is -0.867. The zero-order valence-corrected chi connectivity index (χ0v) is 28.4. The second-order valence-corrected chi connectivity index (χ2v) is 11.4. The zero-order valence-electron chi connectivity index (χ0n) is 25.5. The van der Waals surface area contributed by atoms with Gasteiger partial charge in [-0.3, -0.25) is 0 Å². The Morgan fingerprint density at radius 2 is 1.12 bits per heavy atom. The fourth-order valence-electron chi connectivity index (χ4n) is 4.27. The van der Waals surface area contributed by atoms with Crippen molar-refractivity contribution in [2.24, 2.45) is 0 Å². The van der Waals surface area contributed by atoms with Crippen LogP contribution in [0.4, 0.5) is 0 Å². The van der Waals surface area contributed by atoms with Crippen molar-refractivity contribution in [3.63, 3.8) is 0 Å². The van der Waals surface area contributed by atoms with E-state index < -0.39 is 32.5 Å². The van der Waals surface area contributed by atoms with Crippen LogP contribution in [0.25, 0.3) is 0 Å². The van der Waals surface area contributed by atoms with Gasteiger partial charge in [0.25, 0.3) is 0 Å². The van der Waals surface area contributed by atoms with Crippen LogP contribution in [0.2, 0.25) is 0 Å². The van der Waals surface area contributed by atoms with E-state index in [9.17, 15) is 22.6 Å². The van der Waals surface area contributed by atoms with Crippen molar-refractivity contribution >= 4 is 22.1 Å². The third-order valence-corrected chi connectivity index (χ3v) is 7.42. The molecule has 0 aliphatic heterocycles. The van der Waals surface area contributed by atoms with Crippen LogP contribution in [-0.2, 0) is 19.6 Å². The van der Waals surface area contributed by atoms with Crippen molar-refractivity contribution in [1.82, 2.24) is 0 Å². The Hall–Kier alpha value is -1.45. The number of hydrogen-bond acceptors (Lipinski definition) is 7. The van der Waals surface area contributed by atoms with E-state index in [0.29, 0.717) is 12.8 Å². The Balaban J connectivity index is 0.0000160. The summed E-state index contributed by atoms with van der Waals surface area (Å²) in [6.45, 7) is 4.45. The van der Waals surface area contributed by atoms with E-state index in [2.05, 4.69) is 19.9 Å². The third-order valence-electron chi connectivity index (χ3n) is 6.54. The molecule has 41 heavy (non-hydrogen) atoms. The SMILES string of the molecule is CCCCCCCC/C=C/CCOC(=O)c1cccc(S(=O)(=O)[O-])c1C(=O)OCC/C=C/CCCCCCCC.[Na+]. The van der Waals surface area contributed by atoms with Gasteiger partial charge < -0.3 is 14.0 Å². The van der Waals surface area contributed by atoms with Gasteiger partial charge in [0.15, 0.2) is 0 Å². The minimum absolute atomic E-state index is 0. The number of carbonyl (C=O) groups is 2. The van der Waals surface area contributed by atoms with Crippen molar-refractivity contribution in [3.8, 4) is 0 Å². The van der Waals surface area contributed by atoms with Crippen LogP contribution in [-0.4, -0.2) is 38.1 Å². The Bertz CT molecular complexity index is 1020. The number of ether oxygens (including phenoxy) is 2. The molecule has 7 nitrogen and oxygen atoms in total. The molecule has 0 spiro atoms. The number of benzene rings is 1. The monoisotopic (exact) mass is 600 g/mol. The molecule has 0 aliphatic carbocycles. The zero-order chi connectivity index (χ0) is 29.5. The average molecular weight is 601 g/mol. The van der Waals surface area contributed by atoms with Crippen LogP contribution in [0, 0.1) is 0 Å². The molecule has 0 bridgehead atoms. The van der Waals surface area contributed by atoms with Gasteiger partial charge in [-0.15, -0.1) is 0 Å². The third kappa shape index (κ3) is 18.6. The van der Waals surface area contributed by atoms with Gasteiger partial charge in [-0.05, 0) is 50.7 Å². The number of esters is 2. The first-order chi connectivity index (χ1) is 19.3. The smallest absolute Gasteiger partial charge is 0.744 e. The van der Waals surface area contributed by atoms with Gasteiger partial charge >= 0.3 is 41.5 Å². The van der Waals surface area contributed by atoms with E-state index in [0.717, 1.165) is 31.7 Å². The summed E-state index contributed by atoms with van der Waals surface area (Å²) in [5.74, 6) is -1.91. The molecule has 0 aliphatic rings. The minimum atomic E-state index is -5.02. The van der Waals surface area contributed by atoms with Gasteiger partial charge in [-0.2, -0.15) is 0 Å². The van der Waals surface area contributed by atoms with Crippen molar-refractivity contribution in [1.29, 1.82) is 0 Å². The molecule has 0 atom stereocenters. The van der Waals surface area contributed by atoms with E-state index in [1.54, 1.807) is 0 Å². The van der Waals surface area contributed by atoms with Crippen molar-refractivity contribution in [2.45, 2.75) is 121 Å². The standard InChI is InChI=1S/C32H50O7S.Na/c1-3-5-7-9-11-13-15-17-19-21-26-38-31(33)28-24-23-25-29(40(35,36)37)30(28)32(34)39-27-22-20-18-16-14-12-10-8-6-4-2;/h17-20,23-25H,3-16,21-22,26-27H2,1-2H3,(H,35,36,37);/q;+1/p-1/b19-17+,20-18+;. The predicted molar refractivity (Wildman–Crippen MR) is 158 cm³/mol. The minimum Gasteiger partial charge on any atom is -0.744 e. The average Bonchev–Trinajstić information content (AvgIpc) is 2.93. The molecule has 0 saturated heterocycles. The Morgan fingerprint density at radius 1 is 0.683 bits per heavy atom. The maximum Gasteiger partial charge on any atom is 1.00 e. The predicted octanol–water partition coefficient (Wildman–Crippen LogP) is 5.30. The molecule has 226 valence electrons. The van der Waals surface area contributed by atoms with E-state index in [1.807, 2.05) is 18.2 Å². The van der Waals surface area contributed by atoms with Crippen LogP contribution < -0.4 is 29.6 Å². The van der Waals surface area contributed by atoms with Gasteiger partial charge in [-0.25, -0.2) is 18.0 Å². The first-order valence-electron chi connectivity index (χ1n) is 15.1. The molecular weight excluding hydrogens is 551 g/mol. The van der Waals surface area contributed by atoms with Crippen molar-refractivity contribution in [2.75, 3.05) is 13.2 Å². The van der Waals surface area contributed by atoms with Gasteiger partial charge in [0.1, 0.15) is 10.1 Å². The summed E-state index contributed by atoms with van der Waals surface area (Å²) in [7, 11) is -5.02. The second-order valence-electron chi connectivity index (χ2n) is 10.0. The van der Waals surface area contributed by atoms with E-state index in [4.69, 9.17) is 9.47 Å². The van der Waals surface area contributed by atoms with Crippen molar-refractivity contribution < 1.29 is 61.6 Å². The number of unbranched alkanes of at least 4 members (excludes halogenated alkanes) is 12. The normalized spacial score (nSPS) is 11.6. The van der Waals surface area contributed by atoms with Gasteiger partial charge in [0.05, 0.1) is 29.2 Å². The molecule has 1 aromatic rings. The molecule has 1 aromatic carbocycles. The van der Waals surface area contributed by atoms with Crippen LogP contribution in [0.5, 0.6) is 0 Å². The van der Waals surface area contributed by atoms with E-state index in [-0.39, 0.29) is 48.3 Å². The molecule has 0 heterocycles. The first kappa shape index (κ1) is 39.5. The molecule has 0 aromatic heterocycles. The van der Waals surface area contributed by atoms with Gasteiger partial charge in [0.2, 0.25) is 0 Å². The van der Waals surface area contributed by atoms with Crippen LogP contribution in [0.3, 0.4) is 0 Å². The van der Waals surface area contributed by atoms with Gasteiger partial charge in [-0.1, -0.05) is 108 Å². The molecule has 0 saturated carbocycles. The fourth-order valence-corrected chi connectivity index (χ4v) is 4.95.